The third-order valence-electron chi connectivity index (χ3n) is 2.06. The van der Waals surface area contributed by atoms with Crippen molar-refractivity contribution in [1.29, 1.82) is 5.26 Å². The number of rotatable bonds is 5. The van der Waals surface area contributed by atoms with E-state index in [0.29, 0.717) is 6.42 Å². The van der Waals surface area contributed by atoms with Gasteiger partial charge in [0.05, 0.1) is 19.1 Å². The standard InChI is InChI=1S/C9H17N3O2/c1-7(4-5-10)12(2)9(13)8(11)6-14-3/h7-8H,4,6,11H2,1-3H3. The van der Waals surface area contributed by atoms with Crippen LogP contribution in [0.15, 0.2) is 0 Å². The first-order valence-electron chi connectivity index (χ1n) is 4.42. The maximum Gasteiger partial charge on any atom is 0.241 e. The third kappa shape index (κ3) is 3.73. The normalized spacial score (nSPS) is 14.2. The Balaban J connectivity index is 4.17. The van der Waals surface area contributed by atoms with Crippen LogP contribution in [0.1, 0.15) is 13.3 Å². The average molecular weight is 199 g/mol. The number of carbonyl (C=O) groups is 1. The highest BCUT2D eigenvalue weighted by Gasteiger charge is 2.21. The number of nitrogens with two attached hydrogens (primary N) is 1. The monoisotopic (exact) mass is 199 g/mol. The van der Waals surface area contributed by atoms with E-state index in [2.05, 4.69) is 0 Å². The molecule has 0 spiro atoms. The lowest BCUT2D eigenvalue weighted by Crippen LogP contribution is -2.47. The molecule has 0 aliphatic heterocycles. The third-order valence-corrected chi connectivity index (χ3v) is 2.06. The molecule has 80 valence electrons. The maximum absolute atomic E-state index is 11.6. The van der Waals surface area contributed by atoms with E-state index in [0.717, 1.165) is 0 Å². The lowest BCUT2D eigenvalue weighted by atomic mass is 10.2. The second-order valence-corrected chi connectivity index (χ2v) is 3.22. The summed E-state index contributed by atoms with van der Waals surface area (Å²) < 4.78 is 4.78. The van der Waals surface area contributed by atoms with E-state index in [1.807, 2.05) is 6.07 Å². The summed E-state index contributed by atoms with van der Waals surface area (Å²) in [5.41, 5.74) is 5.56. The van der Waals surface area contributed by atoms with Gasteiger partial charge in [0.1, 0.15) is 6.04 Å². The Morgan fingerprint density at radius 2 is 2.29 bits per heavy atom. The van der Waals surface area contributed by atoms with Gasteiger partial charge >= 0.3 is 0 Å². The van der Waals surface area contributed by atoms with E-state index < -0.39 is 6.04 Å². The second kappa shape index (κ2) is 6.35. The van der Waals surface area contributed by atoms with Gasteiger partial charge in [0.15, 0.2) is 0 Å². The van der Waals surface area contributed by atoms with Gasteiger partial charge in [0.25, 0.3) is 0 Å². The van der Waals surface area contributed by atoms with E-state index in [1.54, 1.807) is 14.0 Å². The number of nitriles is 1. The minimum Gasteiger partial charge on any atom is -0.383 e. The molecule has 0 heterocycles. The predicted octanol–water partition coefficient (Wildman–Crippen LogP) is -0.279. The number of likely N-dealkylation sites (N-methyl/N-ethyl adjacent to an activating group) is 1. The Morgan fingerprint density at radius 1 is 1.71 bits per heavy atom. The topological polar surface area (TPSA) is 79.3 Å². The molecule has 0 bridgehead atoms. The van der Waals surface area contributed by atoms with Crippen molar-refractivity contribution in [3.63, 3.8) is 0 Å². The first-order valence-corrected chi connectivity index (χ1v) is 4.42. The van der Waals surface area contributed by atoms with Gasteiger partial charge in [-0.2, -0.15) is 5.26 Å². The van der Waals surface area contributed by atoms with Gasteiger partial charge in [-0.15, -0.1) is 0 Å². The van der Waals surface area contributed by atoms with E-state index in [9.17, 15) is 4.79 Å². The molecule has 0 aromatic rings. The SMILES string of the molecule is COCC(N)C(=O)N(C)C(C)CC#N. The van der Waals surface area contributed by atoms with Crippen molar-refractivity contribution in [3.05, 3.63) is 0 Å². The van der Waals surface area contributed by atoms with Gasteiger partial charge in [-0.05, 0) is 6.92 Å². The highest BCUT2D eigenvalue weighted by molar-refractivity contribution is 5.81. The fraction of sp³-hybridized carbons (Fsp3) is 0.778. The zero-order valence-electron chi connectivity index (χ0n) is 8.86. The number of carbonyl (C=O) groups excluding carboxylic acids is 1. The fourth-order valence-electron chi connectivity index (χ4n) is 0.999. The summed E-state index contributed by atoms with van der Waals surface area (Å²) in [5.74, 6) is -0.199. The van der Waals surface area contributed by atoms with Gasteiger partial charge in [0.2, 0.25) is 5.91 Å². The van der Waals surface area contributed by atoms with Gasteiger partial charge in [0, 0.05) is 20.2 Å². The minimum atomic E-state index is -0.647. The molecule has 1 amide bonds. The molecule has 0 radical (unpaired) electrons. The molecule has 14 heavy (non-hydrogen) atoms. The van der Waals surface area contributed by atoms with Crippen LogP contribution in [0.2, 0.25) is 0 Å². The van der Waals surface area contributed by atoms with Gasteiger partial charge in [-0.25, -0.2) is 0 Å². The first kappa shape index (κ1) is 12.9. The quantitative estimate of drug-likeness (QED) is 0.660. The number of amides is 1. The van der Waals surface area contributed by atoms with Gasteiger partial charge in [-0.3, -0.25) is 4.79 Å². The lowest BCUT2D eigenvalue weighted by Gasteiger charge is -2.25. The molecule has 2 N–H and O–H groups in total. The average Bonchev–Trinajstić information content (AvgIpc) is 2.16. The lowest BCUT2D eigenvalue weighted by molar-refractivity contribution is -0.134. The molecule has 0 saturated heterocycles. The van der Waals surface area contributed by atoms with Crippen LogP contribution in [0.5, 0.6) is 0 Å². The van der Waals surface area contributed by atoms with Crippen molar-refractivity contribution >= 4 is 5.91 Å². The second-order valence-electron chi connectivity index (χ2n) is 3.22. The summed E-state index contributed by atoms with van der Waals surface area (Å²) >= 11 is 0. The van der Waals surface area contributed by atoms with Crippen LogP contribution in [0, 0.1) is 11.3 Å². The Kier molecular flexibility index (Phi) is 5.84. The van der Waals surface area contributed by atoms with Crippen molar-refractivity contribution in [2.24, 2.45) is 5.73 Å². The molecule has 0 aliphatic carbocycles. The molecule has 2 atom stereocenters. The highest BCUT2D eigenvalue weighted by Crippen LogP contribution is 2.02. The van der Waals surface area contributed by atoms with Crippen molar-refractivity contribution in [2.75, 3.05) is 20.8 Å². The fourth-order valence-corrected chi connectivity index (χ4v) is 0.999. The first-order chi connectivity index (χ1) is 6.54. The molecule has 5 heteroatoms. The van der Waals surface area contributed by atoms with E-state index in [-0.39, 0.29) is 18.6 Å². The van der Waals surface area contributed by atoms with Crippen LogP contribution >= 0.6 is 0 Å². The number of hydrogen-bond acceptors (Lipinski definition) is 4. The number of methoxy groups -OCH3 is 1. The molecular weight excluding hydrogens is 182 g/mol. The summed E-state index contributed by atoms with van der Waals surface area (Å²) in [6.07, 6.45) is 0.307. The highest BCUT2D eigenvalue weighted by atomic mass is 16.5. The van der Waals surface area contributed by atoms with Crippen LogP contribution in [-0.2, 0) is 9.53 Å². The molecular formula is C9H17N3O2. The molecule has 5 nitrogen and oxygen atoms in total. The molecule has 0 fully saturated rings. The summed E-state index contributed by atoms with van der Waals surface area (Å²) in [6.45, 7) is 2.00. The Hall–Kier alpha value is -1.12. The molecule has 0 aromatic heterocycles. The number of hydrogen-bond donors (Lipinski definition) is 1. The van der Waals surface area contributed by atoms with Crippen molar-refractivity contribution in [2.45, 2.75) is 25.4 Å². The summed E-state index contributed by atoms with van der Waals surface area (Å²) in [5, 5.41) is 8.47. The zero-order chi connectivity index (χ0) is 11.1. The smallest absolute Gasteiger partial charge is 0.241 e. The van der Waals surface area contributed by atoms with E-state index in [1.165, 1.54) is 12.0 Å². The Labute approximate surface area is 84.4 Å². The molecule has 0 aliphatic rings. The molecule has 0 saturated carbocycles. The predicted molar refractivity (Wildman–Crippen MR) is 52.3 cm³/mol. The van der Waals surface area contributed by atoms with Crippen LogP contribution in [0.4, 0.5) is 0 Å². The summed E-state index contributed by atoms with van der Waals surface area (Å²) in [4.78, 5) is 13.0. The van der Waals surface area contributed by atoms with Crippen LogP contribution in [-0.4, -0.2) is 43.7 Å². The minimum absolute atomic E-state index is 0.115. The number of ether oxygens (including phenoxy) is 1. The summed E-state index contributed by atoms with van der Waals surface area (Å²) in [6, 6.07) is 1.25. The zero-order valence-corrected chi connectivity index (χ0v) is 8.86. The van der Waals surface area contributed by atoms with Crippen LogP contribution < -0.4 is 5.73 Å². The van der Waals surface area contributed by atoms with Crippen LogP contribution in [0.25, 0.3) is 0 Å². The van der Waals surface area contributed by atoms with Crippen molar-refractivity contribution in [3.8, 4) is 6.07 Å². The number of nitrogens with zero attached hydrogens (tertiary/aromatic N) is 2. The molecule has 2 unspecified atom stereocenters. The van der Waals surface area contributed by atoms with Crippen LogP contribution in [0.3, 0.4) is 0 Å². The van der Waals surface area contributed by atoms with Crippen molar-refractivity contribution < 1.29 is 9.53 Å². The molecule has 0 aromatic carbocycles. The van der Waals surface area contributed by atoms with E-state index >= 15 is 0 Å². The Morgan fingerprint density at radius 3 is 2.71 bits per heavy atom. The van der Waals surface area contributed by atoms with Gasteiger partial charge < -0.3 is 15.4 Å². The maximum atomic E-state index is 11.6. The van der Waals surface area contributed by atoms with E-state index in [4.69, 9.17) is 15.7 Å². The van der Waals surface area contributed by atoms with Crippen molar-refractivity contribution in [1.82, 2.24) is 4.90 Å². The summed E-state index contributed by atoms with van der Waals surface area (Å²) in [7, 11) is 3.13. The Bertz CT molecular complexity index is 225. The molecule has 0 rings (SSSR count). The van der Waals surface area contributed by atoms with Gasteiger partial charge in [-0.1, -0.05) is 0 Å². The largest absolute Gasteiger partial charge is 0.383 e.